The highest BCUT2D eigenvalue weighted by Gasteiger charge is 2.12. The largest absolute Gasteiger partial charge is 0.494 e. The first kappa shape index (κ1) is 16.5. The van der Waals surface area contributed by atoms with Crippen molar-refractivity contribution in [2.75, 3.05) is 17.7 Å². The van der Waals surface area contributed by atoms with Gasteiger partial charge in [0.05, 0.1) is 18.0 Å². The maximum atomic E-state index is 11.4. The molecule has 5 nitrogen and oxygen atoms in total. The van der Waals surface area contributed by atoms with Crippen LogP contribution < -0.4 is 15.8 Å². The molecule has 3 N–H and O–H groups in total. The van der Waals surface area contributed by atoms with Crippen molar-refractivity contribution in [3.8, 4) is 16.9 Å². The Morgan fingerprint density at radius 3 is 2.72 bits per heavy atom. The lowest BCUT2D eigenvalue weighted by Gasteiger charge is -2.16. The molecule has 0 aliphatic rings. The van der Waals surface area contributed by atoms with Crippen molar-refractivity contribution >= 4 is 23.5 Å². The molecule has 3 rings (SSSR count). The van der Waals surface area contributed by atoms with E-state index in [1.165, 1.54) is 0 Å². The molecule has 0 atom stereocenters. The summed E-state index contributed by atoms with van der Waals surface area (Å²) in [5, 5.41) is 3.26. The zero-order valence-corrected chi connectivity index (χ0v) is 13.9. The standard InChI is InChI=1S/C20H19N3O2/c1-2-25-15-9-10-17(16-7-4-3-6-14(16)13-24)19(12-15)23-20-18(21)8-5-11-22-20/h3-13H,2,21H2,1H3,(H,22,23). The summed E-state index contributed by atoms with van der Waals surface area (Å²) >= 11 is 0. The minimum absolute atomic E-state index is 0.541. The second-order valence-corrected chi connectivity index (χ2v) is 5.41. The average Bonchev–Trinajstić information content (AvgIpc) is 2.64. The summed E-state index contributed by atoms with van der Waals surface area (Å²) in [6.45, 7) is 2.49. The third-order valence-corrected chi connectivity index (χ3v) is 3.77. The van der Waals surface area contributed by atoms with Gasteiger partial charge in [0.15, 0.2) is 12.1 Å². The van der Waals surface area contributed by atoms with E-state index in [-0.39, 0.29) is 0 Å². The van der Waals surface area contributed by atoms with Crippen LogP contribution in [0.3, 0.4) is 0 Å². The van der Waals surface area contributed by atoms with Crippen LogP contribution in [0, 0.1) is 0 Å². The highest BCUT2D eigenvalue weighted by Crippen LogP contribution is 2.35. The number of aldehydes is 1. The van der Waals surface area contributed by atoms with Gasteiger partial charge in [-0.05, 0) is 36.8 Å². The molecule has 0 bridgehead atoms. The molecule has 0 saturated carbocycles. The number of nitrogens with zero attached hydrogens (tertiary/aromatic N) is 1. The SMILES string of the molecule is CCOc1ccc(-c2ccccc2C=O)c(Nc2ncccc2N)c1. The number of carbonyl (C=O) groups excluding carboxylic acids is 1. The van der Waals surface area contributed by atoms with Gasteiger partial charge in [0, 0.05) is 23.4 Å². The first-order valence-corrected chi connectivity index (χ1v) is 8.02. The Hall–Kier alpha value is -3.34. The lowest BCUT2D eigenvalue weighted by Crippen LogP contribution is -2.01. The molecule has 0 aliphatic carbocycles. The molecule has 25 heavy (non-hydrogen) atoms. The number of nitrogens with two attached hydrogens (primary N) is 1. The fraction of sp³-hybridized carbons (Fsp3) is 0.100. The predicted octanol–water partition coefficient (Wildman–Crippen LogP) is 4.29. The van der Waals surface area contributed by atoms with Crippen LogP contribution in [-0.4, -0.2) is 17.9 Å². The van der Waals surface area contributed by atoms with Crippen LogP contribution in [0.2, 0.25) is 0 Å². The summed E-state index contributed by atoms with van der Waals surface area (Å²) in [4.78, 5) is 15.7. The maximum absolute atomic E-state index is 11.4. The molecular formula is C20H19N3O2. The van der Waals surface area contributed by atoms with Crippen molar-refractivity contribution in [3.63, 3.8) is 0 Å². The molecule has 0 aliphatic heterocycles. The highest BCUT2D eigenvalue weighted by molar-refractivity contribution is 5.93. The van der Waals surface area contributed by atoms with Gasteiger partial charge in [0.2, 0.25) is 0 Å². The van der Waals surface area contributed by atoms with Gasteiger partial charge in [-0.25, -0.2) is 4.98 Å². The van der Waals surface area contributed by atoms with Crippen LogP contribution in [0.15, 0.2) is 60.8 Å². The van der Waals surface area contributed by atoms with Gasteiger partial charge in [-0.15, -0.1) is 0 Å². The molecule has 2 aromatic carbocycles. The number of nitrogen functional groups attached to an aromatic ring is 1. The Balaban J connectivity index is 2.11. The van der Waals surface area contributed by atoms with Crippen molar-refractivity contribution < 1.29 is 9.53 Å². The van der Waals surface area contributed by atoms with Crippen LogP contribution in [-0.2, 0) is 0 Å². The first-order valence-electron chi connectivity index (χ1n) is 8.02. The second kappa shape index (κ2) is 7.49. The zero-order chi connectivity index (χ0) is 17.6. The molecule has 0 unspecified atom stereocenters. The van der Waals surface area contributed by atoms with Gasteiger partial charge in [0.25, 0.3) is 0 Å². The zero-order valence-electron chi connectivity index (χ0n) is 13.9. The number of nitrogens with one attached hydrogen (secondary N) is 1. The van der Waals surface area contributed by atoms with Gasteiger partial charge in [-0.3, -0.25) is 4.79 Å². The molecule has 0 radical (unpaired) electrons. The van der Waals surface area contributed by atoms with Crippen LogP contribution in [0.4, 0.5) is 17.2 Å². The van der Waals surface area contributed by atoms with E-state index in [4.69, 9.17) is 10.5 Å². The Morgan fingerprint density at radius 2 is 1.96 bits per heavy atom. The minimum atomic E-state index is 0.541. The summed E-state index contributed by atoms with van der Waals surface area (Å²) in [6.07, 6.45) is 2.52. The van der Waals surface area contributed by atoms with Gasteiger partial charge in [0.1, 0.15) is 5.75 Å². The molecule has 1 heterocycles. The number of ether oxygens (including phenoxy) is 1. The summed E-state index contributed by atoms with van der Waals surface area (Å²) in [5.74, 6) is 1.29. The number of pyridine rings is 1. The van der Waals surface area contributed by atoms with Gasteiger partial charge in [-0.1, -0.05) is 24.3 Å². The van der Waals surface area contributed by atoms with E-state index >= 15 is 0 Å². The van der Waals surface area contributed by atoms with Crippen molar-refractivity contribution in [2.24, 2.45) is 0 Å². The maximum Gasteiger partial charge on any atom is 0.153 e. The fourth-order valence-electron chi connectivity index (χ4n) is 2.61. The molecule has 126 valence electrons. The third-order valence-electron chi connectivity index (χ3n) is 3.77. The summed E-state index contributed by atoms with van der Waals surface area (Å²) in [6, 6.07) is 16.7. The summed E-state index contributed by atoms with van der Waals surface area (Å²) < 4.78 is 5.60. The molecule has 0 amide bonds. The number of carbonyl (C=O) groups is 1. The van der Waals surface area contributed by atoms with Gasteiger partial charge in [-0.2, -0.15) is 0 Å². The highest BCUT2D eigenvalue weighted by atomic mass is 16.5. The Kier molecular flexibility index (Phi) is 4.95. The lowest BCUT2D eigenvalue weighted by atomic mass is 9.98. The monoisotopic (exact) mass is 333 g/mol. The van der Waals surface area contributed by atoms with Crippen LogP contribution >= 0.6 is 0 Å². The Morgan fingerprint density at radius 1 is 1.12 bits per heavy atom. The summed E-state index contributed by atoms with van der Waals surface area (Å²) in [5.41, 5.74) is 9.62. The fourth-order valence-corrected chi connectivity index (χ4v) is 2.61. The molecule has 0 saturated heterocycles. The smallest absolute Gasteiger partial charge is 0.153 e. The van der Waals surface area contributed by atoms with Gasteiger partial charge >= 0.3 is 0 Å². The van der Waals surface area contributed by atoms with E-state index in [2.05, 4.69) is 10.3 Å². The van der Waals surface area contributed by atoms with E-state index in [9.17, 15) is 4.79 Å². The van der Waals surface area contributed by atoms with Crippen LogP contribution in [0.5, 0.6) is 5.75 Å². The Bertz CT molecular complexity index is 894. The van der Waals surface area contributed by atoms with Gasteiger partial charge < -0.3 is 15.8 Å². The second-order valence-electron chi connectivity index (χ2n) is 5.41. The van der Waals surface area contributed by atoms with Crippen molar-refractivity contribution in [1.82, 2.24) is 4.98 Å². The molecule has 0 fully saturated rings. The van der Waals surface area contributed by atoms with E-state index in [0.29, 0.717) is 23.7 Å². The van der Waals surface area contributed by atoms with E-state index in [1.54, 1.807) is 24.4 Å². The number of benzene rings is 2. The Labute approximate surface area is 146 Å². The van der Waals surface area contributed by atoms with E-state index in [1.807, 2.05) is 43.3 Å². The minimum Gasteiger partial charge on any atom is -0.494 e. The molecule has 5 heteroatoms. The number of hydrogen-bond donors (Lipinski definition) is 2. The normalized spacial score (nSPS) is 10.3. The van der Waals surface area contributed by atoms with Crippen LogP contribution in [0.1, 0.15) is 17.3 Å². The molecule has 1 aromatic heterocycles. The number of rotatable bonds is 6. The first-order chi connectivity index (χ1) is 12.2. The topological polar surface area (TPSA) is 77.2 Å². The summed E-state index contributed by atoms with van der Waals surface area (Å²) in [7, 11) is 0. The average molecular weight is 333 g/mol. The predicted molar refractivity (Wildman–Crippen MR) is 100 cm³/mol. The molecule has 0 spiro atoms. The number of aromatic nitrogens is 1. The number of anilines is 3. The molecule has 3 aromatic rings. The quantitative estimate of drug-likeness (QED) is 0.658. The lowest BCUT2D eigenvalue weighted by molar-refractivity contribution is 0.112. The van der Waals surface area contributed by atoms with E-state index < -0.39 is 0 Å². The van der Waals surface area contributed by atoms with Crippen LogP contribution in [0.25, 0.3) is 11.1 Å². The number of hydrogen-bond acceptors (Lipinski definition) is 5. The molecular weight excluding hydrogens is 314 g/mol. The van der Waals surface area contributed by atoms with E-state index in [0.717, 1.165) is 28.8 Å². The van der Waals surface area contributed by atoms with Crippen molar-refractivity contribution in [3.05, 3.63) is 66.4 Å². The van der Waals surface area contributed by atoms with Crippen molar-refractivity contribution in [2.45, 2.75) is 6.92 Å². The third kappa shape index (κ3) is 3.61. The van der Waals surface area contributed by atoms with Crippen molar-refractivity contribution in [1.29, 1.82) is 0 Å².